The van der Waals surface area contributed by atoms with Gasteiger partial charge in [-0.3, -0.25) is 4.98 Å². The molecule has 3 heterocycles. The third-order valence-corrected chi connectivity index (χ3v) is 7.54. The summed E-state index contributed by atoms with van der Waals surface area (Å²) < 4.78 is 9.23. The van der Waals surface area contributed by atoms with Crippen molar-refractivity contribution in [1.29, 1.82) is 0 Å². The van der Waals surface area contributed by atoms with Crippen LogP contribution in [0.2, 0.25) is 0 Å². The molecule has 3 heteroatoms. The monoisotopic (exact) mass is 489 g/mol. The molecule has 188 valence electrons. The van der Waals surface area contributed by atoms with Crippen LogP contribution in [0.15, 0.2) is 54.9 Å². The first kappa shape index (κ1) is 23.9. The molecular weight excluding hydrogens is 452 g/mol. The SMILES string of the molecule is Cc1c2c(c(CC(C)(C)C)c3ccccc13)Oc1cc3cnc(CC(C)(C)C)cc3c3cc[n+](C)c-2c13. The van der Waals surface area contributed by atoms with Crippen LogP contribution < -0.4 is 9.30 Å². The van der Waals surface area contributed by atoms with Crippen molar-refractivity contribution in [3.05, 3.63) is 71.7 Å². The Morgan fingerprint density at radius 1 is 0.838 bits per heavy atom. The van der Waals surface area contributed by atoms with E-state index in [4.69, 9.17) is 9.72 Å². The fourth-order valence-corrected chi connectivity index (χ4v) is 6.08. The topological polar surface area (TPSA) is 26.0 Å². The summed E-state index contributed by atoms with van der Waals surface area (Å²) in [7, 11) is 2.16. The highest BCUT2D eigenvalue weighted by Gasteiger charge is 2.34. The van der Waals surface area contributed by atoms with E-state index in [1.165, 1.54) is 49.3 Å². The van der Waals surface area contributed by atoms with Gasteiger partial charge in [0.2, 0.25) is 5.69 Å². The molecule has 0 aliphatic carbocycles. The zero-order valence-corrected chi connectivity index (χ0v) is 23.4. The second-order valence-electron chi connectivity index (χ2n) is 13.3. The predicted molar refractivity (Wildman–Crippen MR) is 154 cm³/mol. The lowest BCUT2D eigenvalue weighted by Gasteiger charge is -2.28. The molecule has 37 heavy (non-hydrogen) atoms. The smallest absolute Gasteiger partial charge is 0.228 e. The van der Waals surface area contributed by atoms with Crippen molar-refractivity contribution in [2.75, 3.05) is 0 Å². The fraction of sp³-hybridized carbons (Fsp3) is 0.353. The summed E-state index contributed by atoms with van der Waals surface area (Å²) in [5.41, 5.74) is 6.48. The van der Waals surface area contributed by atoms with E-state index in [9.17, 15) is 0 Å². The number of benzene rings is 3. The van der Waals surface area contributed by atoms with E-state index in [2.05, 4.69) is 109 Å². The summed E-state index contributed by atoms with van der Waals surface area (Å²) in [4.78, 5) is 4.84. The van der Waals surface area contributed by atoms with Crippen LogP contribution in [0.4, 0.5) is 0 Å². The molecule has 3 nitrogen and oxygen atoms in total. The van der Waals surface area contributed by atoms with Crippen molar-refractivity contribution in [3.63, 3.8) is 0 Å². The molecule has 3 aromatic carbocycles. The molecule has 0 saturated carbocycles. The van der Waals surface area contributed by atoms with Crippen LogP contribution in [0.25, 0.3) is 43.6 Å². The lowest BCUT2D eigenvalue weighted by molar-refractivity contribution is -0.659. The van der Waals surface area contributed by atoms with Gasteiger partial charge in [0.15, 0.2) is 6.20 Å². The average molecular weight is 490 g/mol. The summed E-state index contributed by atoms with van der Waals surface area (Å²) >= 11 is 0. The Morgan fingerprint density at radius 3 is 2.24 bits per heavy atom. The summed E-state index contributed by atoms with van der Waals surface area (Å²) in [6.07, 6.45) is 6.12. The molecule has 0 bridgehead atoms. The highest BCUT2D eigenvalue weighted by molar-refractivity contribution is 6.16. The van der Waals surface area contributed by atoms with E-state index >= 15 is 0 Å². The Bertz CT molecular complexity index is 1730. The molecule has 0 atom stereocenters. The molecule has 0 unspecified atom stereocenters. The minimum Gasteiger partial charge on any atom is -0.455 e. The number of aromatic nitrogens is 2. The van der Waals surface area contributed by atoms with Crippen molar-refractivity contribution in [3.8, 4) is 22.8 Å². The van der Waals surface area contributed by atoms with Crippen molar-refractivity contribution in [2.24, 2.45) is 17.9 Å². The summed E-state index contributed by atoms with van der Waals surface area (Å²) in [5.74, 6) is 1.94. The molecule has 1 aliphatic heterocycles. The highest BCUT2D eigenvalue weighted by atomic mass is 16.5. The lowest BCUT2D eigenvalue weighted by Crippen LogP contribution is -2.32. The van der Waals surface area contributed by atoms with E-state index in [-0.39, 0.29) is 10.8 Å². The zero-order valence-electron chi connectivity index (χ0n) is 23.4. The molecule has 0 saturated heterocycles. The molecule has 6 rings (SSSR count). The van der Waals surface area contributed by atoms with Gasteiger partial charge in [-0.2, -0.15) is 0 Å². The molecule has 5 aromatic rings. The number of aryl methyl sites for hydroxylation is 2. The van der Waals surface area contributed by atoms with Gasteiger partial charge in [-0.15, -0.1) is 0 Å². The van der Waals surface area contributed by atoms with Crippen molar-refractivity contribution in [1.82, 2.24) is 4.98 Å². The molecule has 2 aromatic heterocycles. The molecule has 0 radical (unpaired) electrons. The third kappa shape index (κ3) is 3.96. The van der Waals surface area contributed by atoms with Crippen LogP contribution in [-0.2, 0) is 19.9 Å². The van der Waals surface area contributed by atoms with Crippen molar-refractivity contribution in [2.45, 2.75) is 61.3 Å². The van der Waals surface area contributed by atoms with Crippen LogP contribution in [0, 0.1) is 17.8 Å². The zero-order chi connectivity index (χ0) is 26.3. The third-order valence-electron chi connectivity index (χ3n) is 7.54. The Balaban J connectivity index is 1.72. The summed E-state index contributed by atoms with van der Waals surface area (Å²) in [6.45, 7) is 16.0. The number of hydrogen-bond donors (Lipinski definition) is 0. The van der Waals surface area contributed by atoms with Gasteiger partial charge in [-0.1, -0.05) is 65.8 Å². The molecule has 0 fully saturated rings. The van der Waals surface area contributed by atoms with Gasteiger partial charge < -0.3 is 4.74 Å². The lowest BCUT2D eigenvalue weighted by atomic mass is 9.81. The van der Waals surface area contributed by atoms with E-state index in [1.807, 2.05) is 6.20 Å². The predicted octanol–water partition coefficient (Wildman–Crippen LogP) is 8.62. The first-order valence-electron chi connectivity index (χ1n) is 13.4. The second-order valence-corrected chi connectivity index (χ2v) is 13.3. The number of fused-ring (bicyclic) bond motifs is 5. The van der Waals surface area contributed by atoms with Crippen LogP contribution >= 0.6 is 0 Å². The number of nitrogens with zero attached hydrogens (tertiary/aromatic N) is 2. The first-order chi connectivity index (χ1) is 17.4. The Hall–Kier alpha value is -3.46. The number of hydrogen-bond acceptors (Lipinski definition) is 2. The molecule has 0 N–H and O–H groups in total. The van der Waals surface area contributed by atoms with E-state index in [1.54, 1.807) is 0 Å². The van der Waals surface area contributed by atoms with Gasteiger partial charge in [0.1, 0.15) is 18.5 Å². The van der Waals surface area contributed by atoms with Crippen molar-refractivity contribution < 1.29 is 9.30 Å². The van der Waals surface area contributed by atoms with Crippen LogP contribution in [0.1, 0.15) is 58.4 Å². The maximum atomic E-state index is 6.95. The van der Waals surface area contributed by atoms with Gasteiger partial charge in [0.25, 0.3) is 0 Å². The van der Waals surface area contributed by atoms with Crippen LogP contribution in [0.3, 0.4) is 0 Å². The number of rotatable bonds is 2. The Kier molecular flexibility index (Phi) is 5.18. The Morgan fingerprint density at radius 2 is 1.54 bits per heavy atom. The maximum Gasteiger partial charge on any atom is 0.228 e. The average Bonchev–Trinajstić information content (AvgIpc) is 2.81. The summed E-state index contributed by atoms with van der Waals surface area (Å²) in [6, 6.07) is 15.5. The van der Waals surface area contributed by atoms with Gasteiger partial charge in [0.05, 0.1) is 10.9 Å². The highest BCUT2D eigenvalue weighted by Crippen LogP contribution is 2.52. The normalized spacial score (nSPS) is 13.3. The van der Waals surface area contributed by atoms with Gasteiger partial charge in [0, 0.05) is 34.3 Å². The van der Waals surface area contributed by atoms with Crippen molar-refractivity contribution >= 4 is 32.3 Å². The number of ether oxygens (including phenoxy) is 1. The maximum absolute atomic E-state index is 6.95. The second kappa shape index (κ2) is 8.02. The largest absolute Gasteiger partial charge is 0.455 e. The molecular formula is C34H37N2O+. The molecule has 1 aliphatic rings. The van der Waals surface area contributed by atoms with Gasteiger partial charge in [-0.05, 0) is 64.5 Å². The molecule has 0 spiro atoms. The fourth-order valence-electron chi connectivity index (χ4n) is 6.08. The van der Waals surface area contributed by atoms with Crippen LogP contribution in [0.5, 0.6) is 11.5 Å². The minimum atomic E-state index is 0.125. The van der Waals surface area contributed by atoms with E-state index < -0.39 is 0 Å². The quantitative estimate of drug-likeness (QED) is 0.180. The van der Waals surface area contributed by atoms with Gasteiger partial charge >= 0.3 is 0 Å². The Labute approximate surface area is 220 Å². The van der Waals surface area contributed by atoms with E-state index in [0.29, 0.717) is 0 Å². The summed E-state index contributed by atoms with van der Waals surface area (Å²) in [5, 5.41) is 7.39. The van der Waals surface area contributed by atoms with Gasteiger partial charge in [-0.25, -0.2) is 4.57 Å². The van der Waals surface area contributed by atoms with Crippen LogP contribution in [-0.4, -0.2) is 4.98 Å². The first-order valence-corrected chi connectivity index (χ1v) is 13.4. The van der Waals surface area contributed by atoms with E-state index in [0.717, 1.165) is 35.4 Å². The minimum absolute atomic E-state index is 0.125. The standard InChI is InChI=1S/C34H37N2O/c1-20-23-11-9-10-12-24(23)27(18-34(5,6)7)32-29(20)31-30-25(13-14-36(31)8)26-16-22(17-33(2,3)4)35-19-21(26)15-28(30)37-32/h9-16,19H,17-18H2,1-8H3/q+1. The number of pyridine rings is 2. The molecule has 0 amide bonds.